The van der Waals surface area contributed by atoms with Crippen molar-refractivity contribution in [1.29, 1.82) is 0 Å². The van der Waals surface area contributed by atoms with Gasteiger partial charge in [0.05, 0.1) is 17.1 Å². The monoisotopic (exact) mass is 213 g/mol. The van der Waals surface area contributed by atoms with Crippen molar-refractivity contribution in [2.75, 3.05) is 0 Å². The van der Waals surface area contributed by atoms with Crippen molar-refractivity contribution in [3.8, 4) is 11.4 Å². The molecule has 0 fully saturated rings. The molecule has 0 saturated heterocycles. The van der Waals surface area contributed by atoms with Gasteiger partial charge in [-0.25, -0.2) is 0 Å². The highest BCUT2D eigenvalue weighted by molar-refractivity contribution is 5.61. The normalized spacial score (nSPS) is 14.8. The molecule has 0 amide bonds. The molecule has 3 heteroatoms. The Hall–Kier alpha value is -1.64. The molecular formula is C13H15N3. The topological polar surface area (TPSA) is 30.7 Å². The number of fused-ring (bicyclic) bond motifs is 1. The van der Waals surface area contributed by atoms with E-state index in [-0.39, 0.29) is 0 Å². The van der Waals surface area contributed by atoms with Crippen molar-refractivity contribution in [2.45, 2.75) is 25.7 Å². The van der Waals surface area contributed by atoms with Crippen molar-refractivity contribution >= 4 is 0 Å². The SMILES string of the molecule is Cn1nc2c(c1-c1ccccn1)CCCC2. The molecule has 0 saturated carbocycles. The van der Waals surface area contributed by atoms with Gasteiger partial charge < -0.3 is 0 Å². The molecule has 0 atom stereocenters. The van der Waals surface area contributed by atoms with Gasteiger partial charge in [-0.1, -0.05) is 6.07 Å². The number of hydrogen-bond acceptors (Lipinski definition) is 2. The fraction of sp³-hybridized carbons (Fsp3) is 0.385. The molecule has 3 nitrogen and oxygen atoms in total. The van der Waals surface area contributed by atoms with E-state index in [0.29, 0.717) is 0 Å². The molecule has 2 heterocycles. The Kier molecular flexibility index (Phi) is 2.24. The van der Waals surface area contributed by atoms with Crippen molar-refractivity contribution in [1.82, 2.24) is 14.8 Å². The Morgan fingerprint density at radius 1 is 1.19 bits per heavy atom. The maximum Gasteiger partial charge on any atom is 0.0897 e. The number of aryl methyl sites for hydroxylation is 2. The van der Waals surface area contributed by atoms with Gasteiger partial charge in [-0.3, -0.25) is 9.67 Å². The van der Waals surface area contributed by atoms with Crippen LogP contribution in [0, 0.1) is 0 Å². The maximum atomic E-state index is 4.60. The summed E-state index contributed by atoms with van der Waals surface area (Å²) in [4.78, 5) is 4.43. The van der Waals surface area contributed by atoms with Gasteiger partial charge in [0.25, 0.3) is 0 Å². The van der Waals surface area contributed by atoms with Crippen molar-refractivity contribution in [3.05, 3.63) is 35.7 Å². The summed E-state index contributed by atoms with van der Waals surface area (Å²) in [5, 5.41) is 4.60. The Morgan fingerprint density at radius 3 is 2.88 bits per heavy atom. The van der Waals surface area contributed by atoms with Gasteiger partial charge in [0, 0.05) is 18.8 Å². The van der Waals surface area contributed by atoms with E-state index in [2.05, 4.69) is 16.1 Å². The molecule has 0 N–H and O–H groups in total. The zero-order chi connectivity index (χ0) is 11.0. The van der Waals surface area contributed by atoms with Gasteiger partial charge in [0.2, 0.25) is 0 Å². The summed E-state index contributed by atoms with van der Waals surface area (Å²) in [5.41, 5.74) is 4.93. The van der Waals surface area contributed by atoms with Crippen LogP contribution in [0.25, 0.3) is 11.4 Å². The number of pyridine rings is 1. The van der Waals surface area contributed by atoms with E-state index in [4.69, 9.17) is 0 Å². The highest BCUT2D eigenvalue weighted by Gasteiger charge is 2.20. The predicted molar refractivity (Wildman–Crippen MR) is 63.1 cm³/mol. The minimum Gasteiger partial charge on any atom is -0.266 e. The van der Waals surface area contributed by atoms with E-state index in [1.54, 1.807) is 0 Å². The first-order chi connectivity index (χ1) is 7.86. The van der Waals surface area contributed by atoms with Crippen LogP contribution in [0.4, 0.5) is 0 Å². The van der Waals surface area contributed by atoms with Crippen LogP contribution in [0.2, 0.25) is 0 Å². The third-order valence-corrected chi connectivity index (χ3v) is 3.23. The molecule has 2 aromatic heterocycles. The Morgan fingerprint density at radius 2 is 2.06 bits per heavy atom. The van der Waals surface area contributed by atoms with E-state index in [9.17, 15) is 0 Å². The smallest absolute Gasteiger partial charge is 0.0897 e. The zero-order valence-electron chi connectivity index (χ0n) is 9.48. The summed E-state index contributed by atoms with van der Waals surface area (Å²) in [6, 6.07) is 6.04. The fourth-order valence-electron chi connectivity index (χ4n) is 2.50. The van der Waals surface area contributed by atoms with E-state index in [1.165, 1.54) is 29.8 Å². The van der Waals surface area contributed by atoms with Crippen molar-refractivity contribution in [3.63, 3.8) is 0 Å². The molecule has 0 unspecified atom stereocenters. The van der Waals surface area contributed by atoms with Gasteiger partial charge in [-0.2, -0.15) is 5.10 Å². The van der Waals surface area contributed by atoms with Crippen LogP contribution in [-0.2, 0) is 19.9 Å². The Bertz CT molecular complexity index is 499. The molecule has 0 bridgehead atoms. The van der Waals surface area contributed by atoms with Crippen LogP contribution in [0.1, 0.15) is 24.1 Å². The molecule has 0 radical (unpaired) electrons. The molecular weight excluding hydrogens is 198 g/mol. The zero-order valence-corrected chi connectivity index (χ0v) is 9.48. The lowest BCUT2D eigenvalue weighted by Gasteiger charge is -2.10. The van der Waals surface area contributed by atoms with Gasteiger partial charge in [0.1, 0.15) is 0 Å². The Balaban J connectivity index is 2.17. The quantitative estimate of drug-likeness (QED) is 0.728. The van der Waals surface area contributed by atoms with E-state index < -0.39 is 0 Å². The molecule has 3 rings (SSSR count). The van der Waals surface area contributed by atoms with Crippen molar-refractivity contribution < 1.29 is 0 Å². The summed E-state index contributed by atoms with van der Waals surface area (Å²) in [5.74, 6) is 0. The summed E-state index contributed by atoms with van der Waals surface area (Å²) in [7, 11) is 2.02. The lowest BCUT2D eigenvalue weighted by atomic mass is 9.95. The number of hydrogen-bond donors (Lipinski definition) is 0. The summed E-state index contributed by atoms with van der Waals surface area (Å²) < 4.78 is 1.98. The van der Waals surface area contributed by atoms with Crippen LogP contribution in [-0.4, -0.2) is 14.8 Å². The summed E-state index contributed by atoms with van der Waals surface area (Å²) in [6.07, 6.45) is 6.66. The van der Waals surface area contributed by atoms with Crippen LogP contribution in [0.15, 0.2) is 24.4 Å². The molecule has 82 valence electrons. The molecule has 2 aromatic rings. The number of aromatic nitrogens is 3. The molecule has 1 aliphatic rings. The van der Waals surface area contributed by atoms with Gasteiger partial charge in [-0.15, -0.1) is 0 Å². The second-order valence-corrected chi connectivity index (χ2v) is 4.32. The number of rotatable bonds is 1. The van der Waals surface area contributed by atoms with E-state index >= 15 is 0 Å². The van der Waals surface area contributed by atoms with Crippen LogP contribution < -0.4 is 0 Å². The van der Waals surface area contributed by atoms with Gasteiger partial charge >= 0.3 is 0 Å². The molecule has 1 aliphatic carbocycles. The van der Waals surface area contributed by atoms with Crippen LogP contribution in [0.3, 0.4) is 0 Å². The third kappa shape index (κ3) is 1.43. The van der Waals surface area contributed by atoms with Crippen LogP contribution in [0.5, 0.6) is 0 Å². The summed E-state index contributed by atoms with van der Waals surface area (Å²) in [6.45, 7) is 0. The minimum atomic E-state index is 1.04. The first kappa shape index (κ1) is 9.58. The highest BCUT2D eigenvalue weighted by atomic mass is 15.3. The largest absolute Gasteiger partial charge is 0.266 e. The van der Waals surface area contributed by atoms with Gasteiger partial charge in [-0.05, 0) is 37.8 Å². The minimum absolute atomic E-state index is 1.04. The Labute approximate surface area is 95.1 Å². The molecule has 16 heavy (non-hydrogen) atoms. The average molecular weight is 213 g/mol. The van der Waals surface area contributed by atoms with Crippen LogP contribution >= 0.6 is 0 Å². The highest BCUT2D eigenvalue weighted by Crippen LogP contribution is 2.29. The maximum absolute atomic E-state index is 4.60. The lowest BCUT2D eigenvalue weighted by Crippen LogP contribution is -2.01. The molecule has 0 spiro atoms. The second-order valence-electron chi connectivity index (χ2n) is 4.32. The van der Waals surface area contributed by atoms with E-state index in [1.807, 2.05) is 30.1 Å². The van der Waals surface area contributed by atoms with Gasteiger partial charge in [0.15, 0.2) is 0 Å². The summed E-state index contributed by atoms with van der Waals surface area (Å²) >= 11 is 0. The second kappa shape index (κ2) is 3.74. The first-order valence-electron chi connectivity index (χ1n) is 5.82. The van der Waals surface area contributed by atoms with E-state index in [0.717, 1.165) is 18.5 Å². The fourth-order valence-corrected chi connectivity index (χ4v) is 2.50. The lowest BCUT2D eigenvalue weighted by molar-refractivity contribution is 0.664. The predicted octanol–water partition coefficient (Wildman–Crippen LogP) is 2.36. The first-order valence-corrected chi connectivity index (χ1v) is 5.82. The standard InChI is InChI=1S/C13H15N3/c1-16-13(12-8-4-5-9-14-12)10-6-2-3-7-11(10)15-16/h4-5,8-9H,2-3,6-7H2,1H3. The van der Waals surface area contributed by atoms with Crippen molar-refractivity contribution in [2.24, 2.45) is 7.05 Å². The average Bonchev–Trinajstić information content (AvgIpc) is 2.66. The molecule has 0 aromatic carbocycles. The third-order valence-electron chi connectivity index (χ3n) is 3.23. The number of nitrogens with zero attached hydrogens (tertiary/aromatic N) is 3. The molecule has 0 aliphatic heterocycles.